The maximum absolute atomic E-state index is 11.4. The maximum Gasteiger partial charge on any atom is 0.211 e. The molecule has 102 valence electrons. The quantitative estimate of drug-likeness (QED) is 0.623. The van der Waals surface area contributed by atoms with Crippen LogP contribution in [0.15, 0.2) is 36.9 Å². The molecule has 0 bridgehead atoms. The zero-order chi connectivity index (χ0) is 14.2. The number of benzene rings is 1. The van der Waals surface area contributed by atoms with Gasteiger partial charge in [0.2, 0.25) is 6.41 Å². The molecule has 0 N–H and O–H groups in total. The number of hydrogen-bond donors (Lipinski definition) is 0. The van der Waals surface area contributed by atoms with Crippen LogP contribution < -0.4 is 0 Å². The first kappa shape index (κ1) is 12.9. The maximum atomic E-state index is 11.4. The standard InChI is InChI=1S/C17H18N2O/c1-2-8-16-10-11-19(13-20)17(16,12-18)9-7-14-5-3-4-6-15(14)16/h2-6,13H,1,7-11H2/t16-,17-/m1/s1. The van der Waals surface area contributed by atoms with Gasteiger partial charge in [-0.15, -0.1) is 6.58 Å². The largest absolute Gasteiger partial charge is 0.326 e. The molecule has 1 aliphatic carbocycles. The number of nitrogens with zero attached hydrogens (tertiary/aromatic N) is 2. The van der Waals surface area contributed by atoms with Crippen LogP contribution in [0, 0.1) is 11.3 Å². The molecule has 1 amide bonds. The second-order valence-corrected chi connectivity index (χ2v) is 5.75. The van der Waals surface area contributed by atoms with Gasteiger partial charge in [0, 0.05) is 12.0 Å². The molecule has 3 nitrogen and oxygen atoms in total. The third-order valence-corrected chi connectivity index (χ3v) is 5.16. The summed E-state index contributed by atoms with van der Waals surface area (Å²) in [6, 6.07) is 10.8. The number of likely N-dealkylation sites (tertiary alicyclic amines) is 1. The summed E-state index contributed by atoms with van der Waals surface area (Å²) in [6.07, 6.45) is 5.88. The number of allylic oxidation sites excluding steroid dienone is 1. The van der Waals surface area contributed by atoms with Crippen LogP contribution in [0.1, 0.15) is 30.4 Å². The van der Waals surface area contributed by atoms with Crippen molar-refractivity contribution in [2.75, 3.05) is 6.54 Å². The van der Waals surface area contributed by atoms with Gasteiger partial charge in [-0.05, 0) is 36.8 Å². The summed E-state index contributed by atoms with van der Waals surface area (Å²) in [7, 11) is 0. The third-order valence-electron chi connectivity index (χ3n) is 5.16. The third kappa shape index (κ3) is 1.37. The van der Waals surface area contributed by atoms with Gasteiger partial charge in [0.1, 0.15) is 5.54 Å². The molecule has 3 heteroatoms. The minimum atomic E-state index is -0.711. The lowest BCUT2D eigenvalue weighted by Crippen LogP contribution is -2.57. The Morgan fingerprint density at radius 2 is 2.20 bits per heavy atom. The van der Waals surface area contributed by atoms with Gasteiger partial charge in [-0.2, -0.15) is 5.26 Å². The molecular weight excluding hydrogens is 248 g/mol. The number of carbonyl (C=O) groups is 1. The molecule has 0 aromatic heterocycles. The molecule has 2 aliphatic rings. The highest BCUT2D eigenvalue weighted by Gasteiger charge is 2.61. The Balaban J connectivity index is 2.26. The Hall–Kier alpha value is -2.08. The molecule has 3 rings (SSSR count). The van der Waals surface area contributed by atoms with E-state index in [9.17, 15) is 10.1 Å². The molecule has 1 aliphatic heterocycles. The summed E-state index contributed by atoms with van der Waals surface area (Å²) < 4.78 is 0. The smallest absolute Gasteiger partial charge is 0.211 e. The van der Waals surface area contributed by atoms with Crippen molar-refractivity contribution in [2.45, 2.75) is 36.6 Å². The minimum Gasteiger partial charge on any atom is -0.326 e. The number of rotatable bonds is 3. The van der Waals surface area contributed by atoms with E-state index in [1.54, 1.807) is 4.90 Å². The Kier molecular flexibility index (Phi) is 2.90. The van der Waals surface area contributed by atoms with Gasteiger partial charge in [0.25, 0.3) is 0 Å². The highest BCUT2D eigenvalue weighted by atomic mass is 16.1. The average molecular weight is 266 g/mol. The number of fused-ring (bicyclic) bond motifs is 3. The topological polar surface area (TPSA) is 44.1 Å². The molecule has 1 fully saturated rings. The van der Waals surface area contributed by atoms with E-state index in [1.807, 2.05) is 18.2 Å². The number of carbonyl (C=O) groups excluding carboxylic acids is 1. The summed E-state index contributed by atoms with van der Waals surface area (Å²) in [5.41, 5.74) is 1.54. The Morgan fingerprint density at radius 1 is 1.40 bits per heavy atom. The lowest BCUT2D eigenvalue weighted by atomic mass is 9.58. The lowest BCUT2D eigenvalue weighted by Gasteiger charge is -2.48. The SMILES string of the molecule is C=CC[C@]12CCN(C=O)[C@@]1(C#N)CCc1ccccc12. The van der Waals surface area contributed by atoms with Crippen LogP contribution >= 0.6 is 0 Å². The van der Waals surface area contributed by atoms with Gasteiger partial charge in [-0.25, -0.2) is 0 Å². The van der Waals surface area contributed by atoms with Crippen LogP contribution in [0.3, 0.4) is 0 Å². The van der Waals surface area contributed by atoms with Crippen molar-refractivity contribution in [1.82, 2.24) is 4.90 Å². The summed E-state index contributed by atoms with van der Waals surface area (Å²) in [4.78, 5) is 13.1. The number of aryl methyl sites for hydroxylation is 1. The van der Waals surface area contributed by atoms with E-state index < -0.39 is 5.54 Å². The second-order valence-electron chi connectivity index (χ2n) is 5.75. The van der Waals surface area contributed by atoms with E-state index in [-0.39, 0.29) is 5.41 Å². The molecular formula is C17H18N2O. The fourth-order valence-corrected chi connectivity index (χ4v) is 4.24. The fraction of sp³-hybridized carbons (Fsp3) is 0.412. The zero-order valence-corrected chi connectivity index (χ0v) is 11.5. The van der Waals surface area contributed by atoms with Gasteiger partial charge >= 0.3 is 0 Å². The van der Waals surface area contributed by atoms with E-state index >= 15 is 0 Å². The van der Waals surface area contributed by atoms with Crippen molar-refractivity contribution < 1.29 is 4.79 Å². The first-order valence-corrected chi connectivity index (χ1v) is 7.07. The van der Waals surface area contributed by atoms with Gasteiger partial charge < -0.3 is 4.90 Å². The molecule has 20 heavy (non-hydrogen) atoms. The first-order valence-electron chi connectivity index (χ1n) is 7.07. The van der Waals surface area contributed by atoms with Crippen molar-refractivity contribution in [2.24, 2.45) is 0 Å². The fourth-order valence-electron chi connectivity index (χ4n) is 4.24. The average Bonchev–Trinajstić information content (AvgIpc) is 2.82. The van der Waals surface area contributed by atoms with Crippen molar-refractivity contribution >= 4 is 6.41 Å². The van der Waals surface area contributed by atoms with Crippen molar-refractivity contribution in [3.63, 3.8) is 0 Å². The molecule has 1 heterocycles. The lowest BCUT2D eigenvalue weighted by molar-refractivity contribution is -0.121. The normalized spacial score (nSPS) is 31.1. The Bertz CT molecular complexity index is 603. The minimum absolute atomic E-state index is 0.292. The number of nitriles is 1. The first-order chi connectivity index (χ1) is 9.74. The van der Waals surface area contributed by atoms with Crippen molar-refractivity contribution in [3.8, 4) is 6.07 Å². The van der Waals surface area contributed by atoms with Gasteiger partial charge in [0.15, 0.2) is 0 Å². The van der Waals surface area contributed by atoms with Crippen LogP contribution in [0.5, 0.6) is 0 Å². The molecule has 0 saturated carbocycles. The van der Waals surface area contributed by atoms with Crippen molar-refractivity contribution in [3.05, 3.63) is 48.0 Å². The summed E-state index contributed by atoms with van der Waals surface area (Å²) >= 11 is 0. The van der Waals surface area contributed by atoms with Crippen LogP contribution in [-0.2, 0) is 16.6 Å². The summed E-state index contributed by atoms with van der Waals surface area (Å²) in [5.74, 6) is 0. The van der Waals surface area contributed by atoms with Gasteiger partial charge in [0.05, 0.1) is 6.07 Å². The second kappa shape index (κ2) is 4.49. The zero-order valence-electron chi connectivity index (χ0n) is 11.5. The van der Waals surface area contributed by atoms with Crippen LogP contribution in [0.4, 0.5) is 0 Å². The van der Waals surface area contributed by atoms with E-state index in [0.29, 0.717) is 13.0 Å². The Morgan fingerprint density at radius 3 is 2.90 bits per heavy atom. The molecule has 1 aromatic carbocycles. The summed E-state index contributed by atoms with van der Waals surface area (Å²) in [6.45, 7) is 4.53. The molecule has 0 spiro atoms. The predicted molar refractivity (Wildman–Crippen MR) is 77.0 cm³/mol. The van der Waals surface area contributed by atoms with E-state index in [2.05, 4.69) is 24.8 Å². The molecule has 2 atom stereocenters. The molecule has 0 unspecified atom stereocenters. The van der Waals surface area contributed by atoms with E-state index in [0.717, 1.165) is 25.7 Å². The highest BCUT2D eigenvalue weighted by Crippen LogP contribution is 2.55. The highest BCUT2D eigenvalue weighted by molar-refractivity contribution is 5.58. The molecule has 1 saturated heterocycles. The van der Waals surface area contributed by atoms with E-state index in [1.165, 1.54) is 11.1 Å². The molecule has 0 radical (unpaired) electrons. The predicted octanol–water partition coefficient (Wildman–Crippen LogP) is 2.57. The Labute approximate surface area is 119 Å². The van der Waals surface area contributed by atoms with Gasteiger partial charge in [-0.1, -0.05) is 30.3 Å². The van der Waals surface area contributed by atoms with Crippen LogP contribution in [0.2, 0.25) is 0 Å². The number of hydrogen-bond acceptors (Lipinski definition) is 2. The number of amides is 1. The molecule has 1 aromatic rings. The van der Waals surface area contributed by atoms with Crippen LogP contribution in [-0.4, -0.2) is 23.4 Å². The van der Waals surface area contributed by atoms with Gasteiger partial charge in [-0.3, -0.25) is 4.79 Å². The van der Waals surface area contributed by atoms with E-state index in [4.69, 9.17) is 0 Å². The summed E-state index contributed by atoms with van der Waals surface area (Å²) in [5, 5.41) is 9.89. The van der Waals surface area contributed by atoms with Crippen molar-refractivity contribution in [1.29, 1.82) is 5.26 Å². The van der Waals surface area contributed by atoms with Crippen LogP contribution in [0.25, 0.3) is 0 Å². The monoisotopic (exact) mass is 266 g/mol.